The van der Waals surface area contributed by atoms with Crippen LogP contribution in [0.15, 0.2) is 35.5 Å². The first-order chi connectivity index (χ1) is 6.66. The molecule has 0 radical (unpaired) electrons. The van der Waals surface area contributed by atoms with Gasteiger partial charge in [-0.2, -0.15) is 0 Å². The van der Waals surface area contributed by atoms with E-state index in [9.17, 15) is 4.79 Å². The van der Waals surface area contributed by atoms with Crippen LogP contribution < -0.4 is 5.73 Å². The quantitative estimate of drug-likeness (QED) is 0.681. The molecule has 2 heteroatoms. The highest BCUT2D eigenvalue weighted by Crippen LogP contribution is 2.26. The number of hydrogen-bond donors (Lipinski definition) is 1. The molecule has 1 amide bonds. The van der Waals surface area contributed by atoms with Crippen molar-refractivity contribution < 1.29 is 4.79 Å². The van der Waals surface area contributed by atoms with Crippen molar-refractivity contribution in [2.75, 3.05) is 0 Å². The second-order valence-corrected chi connectivity index (χ2v) is 3.56. The Morgan fingerprint density at radius 1 is 1.36 bits per heavy atom. The third-order valence-electron chi connectivity index (χ3n) is 2.52. The average Bonchev–Trinajstić information content (AvgIpc) is 2.65. The van der Waals surface area contributed by atoms with Gasteiger partial charge in [-0.05, 0) is 13.3 Å². The van der Waals surface area contributed by atoms with E-state index in [1.54, 1.807) is 0 Å². The zero-order valence-electron chi connectivity index (χ0n) is 8.79. The summed E-state index contributed by atoms with van der Waals surface area (Å²) in [4.78, 5) is 11.1. The molecule has 2 N–H and O–H groups in total. The predicted octanol–water partition coefficient (Wildman–Crippen LogP) is 2.33. The molecule has 0 saturated carbocycles. The van der Waals surface area contributed by atoms with E-state index >= 15 is 0 Å². The van der Waals surface area contributed by atoms with Gasteiger partial charge in [0.1, 0.15) is 0 Å². The molecule has 1 aliphatic rings. The Balaban J connectivity index is 2.93. The van der Waals surface area contributed by atoms with Crippen LogP contribution in [0.2, 0.25) is 0 Å². The third kappa shape index (κ3) is 2.34. The van der Waals surface area contributed by atoms with E-state index in [0.717, 1.165) is 18.4 Å². The van der Waals surface area contributed by atoms with Crippen molar-refractivity contribution in [2.24, 2.45) is 11.7 Å². The maximum absolute atomic E-state index is 11.1. The molecule has 0 aromatic carbocycles. The summed E-state index contributed by atoms with van der Waals surface area (Å²) in [6.07, 6.45) is 10.2. The van der Waals surface area contributed by atoms with Gasteiger partial charge in [0.15, 0.2) is 0 Å². The smallest absolute Gasteiger partial charge is 0.244 e. The minimum Gasteiger partial charge on any atom is -0.366 e. The first-order valence-electron chi connectivity index (χ1n) is 5.01. The van der Waals surface area contributed by atoms with Crippen molar-refractivity contribution in [3.63, 3.8) is 0 Å². The van der Waals surface area contributed by atoms with Gasteiger partial charge in [-0.3, -0.25) is 4.79 Å². The number of carbonyl (C=O) groups excluding carboxylic acids is 1. The lowest BCUT2D eigenvalue weighted by molar-refractivity contribution is -0.114. The fraction of sp³-hybridized carbons (Fsp3) is 0.417. The van der Waals surface area contributed by atoms with Gasteiger partial charge in [0.25, 0.3) is 0 Å². The van der Waals surface area contributed by atoms with Crippen LogP contribution >= 0.6 is 0 Å². The van der Waals surface area contributed by atoms with Gasteiger partial charge in [-0.1, -0.05) is 43.2 Å². The molecule has 0 heterocycles. The normalized spacial score (nSPS) is 17.3. The van der Waals surface area contributed by atoms with Crippen molar-refractivity contribution in [2.45, 2.75) is 26.7 Å². The summed E-state index contributed by atoms with van der Waals surface area (Å²) in [5.41, 5.74) is 7.16. The summed E-state index contributed by atoms with van der Waals surface area (Å²) in [6, 6.07) is 0. The highest BCUT2D eigenvalue weighted by Gasteiger charge is 2.14. The Kier molecular flexibility index (Phi) is 3.69. The van der Waals surface area contributed by atoms with Crippen LogP contribution in [0, 0.1) is 5.92 Å². The highest BCUT2D eigenvalue weighted by atomic mass is 16.1. The maximum atomic E-state index is 11.1. The molecular formula is C12H17NO. The van der Waals surface area contributed by atoms with Crippen LogP contribution in [0.1, 0.15) is 26.7 Å². The van der Waals surface area contributed by atoms with Crippen LogP contribution in [0.3, 0.4) is 0 Å². The predicted molar refractivity (Wildman–Crippen MR) is 58.6 cm³/mol. The monoisotopic (exact) mass is 191 g/mol. The summed E-state index contributed by atoms with van der Waals surface area (Å²) in [6.45, 7) is 3.92. The molecule has 0 aromatic rings. The summed E-state index contributed by atoms with van der Waals surface area (Å²) in [5, 5.41) is 0. The van der Waals surface area contributed by atoms with E-state index in [-0.39, 0.29) is 11.8 Å². The van der Waals surface area contributed by atoms with E-state index in [2.05, 4.69) is 19.1 Å². The summed E-state index contributed by atoms with van der Waals surface area (Å²) in [5.74, 6) is -0.0235. The van der Waals surface area contributed by atoms with Gasteiger partial charge >= 0.3 is 0 Å². The molecule has 0 unspecified atom stereocenters. The van der Waals surface area contributed by atoms with Crippen LogP contribution in [0.25, 0.3) is 0 Å². The molecule has 0 aromatic heterocycles. The molecule has 0 fully saturated rings. The Morgan fingerprint density at radius 3 is 2.36 bits per heavy atom. The van der Waals surface area contributed by atoms with Crippen molar-refractivity contribution in [1.29, 1.82) is 0 Å². The number of primary amides is 1. The van der Waals surface area contributed by atoms with E-state index in [1.165, 1.54) is 0 Å². The van der Waals surface area contributed by atoms with Gasteiger partial charge in [0.05, 0.1) is 0 Å². The van der Waals surface area contributed by atoms with Gasteiger partial charge in [0, 0.05) is 11.5 Å². The van der Waals surface area contributed by atoms with Gasteiger partial charge in [-0.25, -0.2) is 0 Å². The molecule has 0 spiro atoms. The minimum atomic E-state index is -0.304. The average molecular weight is 191 g/mol. The van der Waals surface area contributed by atoms with E-state index < -0.39 is 0 Å². The molecule has 0 saturated heterocycles. The highest BCUT2D eigenvalue weighted by molar-refractivity contribution is 5.92. The second kappa shape index (κ2) is 4.80. The van der Waals surface area contributed by atoms with E-state index in [4.69, 9.17) is 5.73 Å². The Morgan fingerprint density at radius 2 is 1.93 bits per heavy atom. The van der Waals surface area contributed by atoms with E-state index in [0.29, 0.717) is 5.57 Å². The summed E-state index contributed by atoms with van der Waals surface area (Å²) >= 11 is 0. The van der Waals surface area contributed by atoms with E-state index in [1.807, 2.05) is 19.1 Å². The molecule has 0 aliphatic heterocycles. The number of carbonyl (C=O) groups is 1. The van der Waals surface area contributed by atoms with Crippen molar-refractivity contribution in [3.05, 3.63) is 35.5 Å². The number of hydrogen-bond acceptors (Lipinski definition) is 1. The molecule has 76 valence electrons. The van der Waals surface area contributed by atoms with Crippen LogP contribution in [0.5, 0.6) is 0 Å². The van der Waals surface area contributed by atoms with Crippen LogP contribution in [0.4, 0.5) is 0 Å². The van der Waals surface area contributed by atoms with Crippen molar-refractivity contribution in [3.8, 4) is 0 Å². The standard InChI is InChI=1S/C12H17NO/c1-3-6-11(9(2)12(13)14)10-7-4-5-8-10/h4-5,7-8,10H,3,6H2,1-2H3,(H2,13,14). The van der Waals surface area contributed by atoms with Gasteiger partial charge in [-0.15, -0.1) is 0 Å². The fourth-order valence-corrected chi connectivity index (χ4v) is 1.70. The topological polar surface area (TPSA) is 43.1 Å². The lowest BCUT2D eigenvalue weighted by Crippen LogP contribution is -2.15. The zero-order chi connectivity index (χ0) is 10.6. The van der Waals surface area contributed by atoms with Crippen LogP contribution in [-0.2, 0) is 4.79 Å². The second-order valence-electron chi connectivity index (χ2n) is 3.56. The number of nitrogens with two attached hydrogens (primary N) is 1. The molecule has 1 rings (SSSR count). The molecule has 1 aliphatic carbocycles. The molecule has 2 nitrogen and oxygen atoms in total. The Bertz CT molecular complexity index is 298. The molecule has 14 heavy (non-hydrogen) atoms. The number of rotatable bonds is 4. The number of amides is 1. The fourth-order valence-electron chi connectivity index (χ4n) is 1.70. The molecular weight excluding hydrogens is 174 g/mol. The molecule has 0 bridgehead atoms. The van der Waals surface area contributed by atoms with Crippen molar-refractivity contribution in [1.82, 2.24) is 0 Å². The van der Waals surface area contributed by atoms with Gasteiger partial charge < -0.3 is 5.73 Å². The SMILES string of the molecule is CCCC(=C(C)C(N)=O)C1C=CC=C1. The first-order valence-corrected chi connectivity index (χ1v) is 5.01. The molecule has 0 atom stereocenters. The third-order valence-corrected chi connectivity index (χ3v) is 2.52. The number of allylic oxidation sites excluding steroid dienone is 5. The lowest BCUT2D eigenvalue weighted by atomic mass is 9.92. The zero-order valence-corrected chi connectivity index (χ0v) is 8.79. The Hall–Kier alpha value is -1.31. The van der Waals surface area contributed by atoms with Crippen LogP contribution in [-0.4, -0.2) is 5.91 Å². The summed E-state index contributed by atoms with van der Waals surface area (Å²) < 4.78 is 0. The van der Waals surface area contributed by atoms with Crippen molar-refractivity contribution >= 4 is 5.91 Å². The lowest BCUT2D eigenvalue weighted by Gasteiger charge is -2.13. The maximum Gasteiger partial charge on any atom is 0.244 e. The largest absolute Gasteiger partial charge is 0.366 e. The first kappa shape index (κ1) is 10.8. The Labute approximate surface area is 85.2 Å². The van der Waals surface area contributed by atoms with Gasteiger partial charge in [0.2, 0.25) is 5.91 Å². The minimum absolute atomic E-state index is 0.280. The summed E-state index contributed by atoms with van der Waals surface area (Å²) in [7, 11) is 0.